The lowest BCUT2D eigenvalue weighted by Crippen LogP contribution is -2.21. The Hall–Kier alpha value is -2.43. The minimum Gasteiger partial charge on any atom is -0.376 e. The number of carbonyl (C=O) groups excluding carboxylic acids is 1. The SMILES string of the molecule is Cc1ccc(NCC(=O)Nc2cc(F)cc(F)c2)cc1C. The first-order chi connectivity index (χ1) is 9.94. The average molecular weight is 290 g/mol. The van der Waals surface area contributed by atoms with Gasteiger partial charge in [-0.1, -0.05) is 6.07 Å². The first kappa shape index (κ1) is 15.0. The molecule has 0 aliphatic heterocycles. The molecule has 2 rings (SSSR count). The van der Waals surface area contributed by atoms with E-state index < -0.39 is 11.6 Å². The molecule has 2 aromatic rings. The second-order valence-corrected chi connectivity index (χ2v) is 4.86. The molecule has 0 heterocycles. The number of hydrogen-bond acceptors (Lipinski definition) is 2. The Labute approximate surface area is 122 Å². The van der Waals surface area contributed by atoms with Crippen LogP contribution in [0.1, 0.15) is 11.1 Å². The third kappa shape index (κ3) is 4.27. The number of rotatable bonds is 4. The minimum absolute atomic E-state index is 0.0145. The lowest BCUT2D eigenvalue weighted by Gasteiger charge is -2.09. The molecule has 21 heavy (non-hydrogen) atoms. The van der Waals surface area contributed by atoms with E-state index in [4.69, 9.17) is 0 Å². The topological polar surface area (TPSA) is 41.1 Å². The van der Waals surface area contributed by atoms with Gasteiger partial charge in [0, 0.05) is 17.4 Å². The number of nitrogens with one attached hydrogen (secondary N) is 2. The third-order valence-electron chi connectivity index (χ3n) is 3.11. The van der Waals surface area contributed by atoms with E-state index in [0.717, 1.165) is 29.4 Å². The van der Waals surface area contributed by atoms with E-state index in [1.807, 2.05) is 32.0 Å². The summed E-state index contributed by atoms with van der Waals surface area (Å²) in [5, 5.41) is 5.40. The Kier molecular flexibility index (Phi) is 4.52. The highest BCUT2D eigenvalue weighted by Gasteiger charge is 2.05. The van der Waals surface area contributed by atoms with Crippen LogP contribution >= 0.6 is 0 Å². The van der Waals surface area contributed by atoms with Crippen LogP contribution in [0.5, 0.6) is 0 Å². The molecule has 0 unspecified atom stereocenters. The fraction of sp³-hybridized carbons (Fsp3) is 0.188. The molecule has 2 N–H and O–H groups in total. The summed E-state index contributed by atoms with van der Waals surface area (Å²) in [6.45, 7) is 4.00. The summed E-state index contributed by atoms with van der Waals surface area (Å²) in [5.41, 5.74) is 3.20. The van der Waals surface area contributed by atoms with E-state index in [9.17, 15) is 13.6 Å². The highest BCUT2D eigenvalue weighted by molar-refractivity contribution is 5.93. The molecule has 0 saturated carbocycles. The number of carbonyl (C=O) groups is 1. The van der Waals surface area contributed by atoms with Crippen molar-refractivity contribution in [3.8, 4) is 0 Å². The Bertz CT molecular complexity index is 651. The van der Waals surface area contributed by atoms with Crippen molar-refractivity contribution < 1.29 is 13.6 Å². The molecule has 0 radical (unpaired) electrons. The van der Waals surface area contributed by atoms with E-state index in [1.54, 1.807) is 0 Å². The Morgan fingerprint density at radius 1 is 0.952 bits per heavy atom. The van der Waals surface area contributed by atoms with Gasteiger partial charge in [0.2, 0.25) is 5.91 Å². The Morgan fingerprint density at radius 2 is 1.62 bits per heavy atom. The standard InChI is InChI=1S/C16H16F2N2O/c1-10-3-4-14(5-11(10)2)19-9-16(21)20-15-7-12(17)6-13(18)8-15/h3-8,19H,9H2,1-2H3,(H,20,21). The smallest absolute Gasteiger partial charge is 0.243 e. The molecule has 1 amide bonds. The number of benzene rings is 2. The first-order valence-electron chi connectivity index (χ1n) is 6.51. The normalized spacial score (nSPS) is 10.3. The van der Waals surface area contributed by atoms with Crippen molar-refractivity contribution in [2.75, 3.05) is 17.2 Å². The fourth-order valence-corrected chi connectivity index (χ4v) is 1.86. The van der Waals surface area contributed by atoms with Gasteiger partial charge in [0.15, 0.2) is 0 Å². The minimum atomic E-state index is -0.729. The molecule has 0 atom stereocenters. The van der Waals surface area contributed by atoms with Crippen LogP contribution in [0, 0.1) is 25.5 Å². The van der Waals surface area contributed by atoms with Gasteiger partial charge in [-0.15, -0.1) is 0 Å². The van der Waals surface area contributed by atoms with Crippen molar-refractivity contribution in [1.29, 1.82) is 0 Å². The molecule has 0 aromatic heterocycles. The quantitative estimate of drug-likeness (QED) is 0.902. The van der Waals surface area contributed by atoms with Crippen molar-refractivity contribution >= 4 is 17.3 Å². The van der Waals surface area contributed by atoms with Gasteiger partial charge in [-0.05, 0) is 49.2 Å². The van der Waals surface area contributed by atoms with E-state index >= 15 is 0 Å². The summed E-state index contributed by atoms with van der Waals surface area (Å²) >= 11 is 0. The largest absolute Gasteiger partial charge is 0.376 e. The van der Waals surface area contributed by atoms with Gasteiger partial charge >= 0.3 is 0 Å². The molecular formula is C16H16F2N2O. The predicted molar refractivity (Wildman–Crippen MR) is 79.4 cm³/mol. The maximum atomic E-state index is 13.0. The maximum Gasteiger partial charge on any atom is 0.243 e. The molecule has 110 valence electrons. The molecule has 5 heteroatoms. The summed E-state index contributed by atoms with van der Waals surface area (Å²) in [6.07, 6.45) is 0. The monoisotopic (exact) mass is 290 g/mol. The Balaban J connectivity index is 1.94. The number of anilines is 2. The van der Waals surface area contributed by atoms with Gasteiger partial charge in [-0.3, -0.25) is 4.79 Å². The number of amides is 1. The molecule has 2 aromatic carbocycles. The zero-order valence-electron chi connectivity index (χ0n) is 11.8. The molecule has 0 bridgehead atoms. The van der Waals surface area contributed by atoms with Gasteiger partial charge in [0.1, 0.15) is 11.6 Å². The average Bonchev–Trinajstić information content (AvgIpc) is 2.39. The van der Waals surface area contributed by atoms with E-state index in [-0.39, 0.29) is 18.1 Å². The van der Waals surface area contributed by atoms with Crippen LogP contribution < -0.4 is 10.6 Å². The highest BCUT2D eigenvalue weighted by Crippen LogP contribution is 2.15. The van der Waals surface area contributed by atoms with Gasteiger partial charge in [0.25, 0.3) is 0 Å². The molecule has 3 nitrogen and oxygen atoms in total. The van der Waals surface area contributed by atoms with Crippen LogP contribution in [-0.4, -0.2) is 12.5 Å². The molecule has 0 spiro atoms. The Morgan fingerprint density at radius 3 is 2.24 bits per heavy atom. The van der Waals surface area contributed by atoms with E-state index in [1.165, 1.54) is 5.56 Å². The van der Waals surface area contributed by atoms with Crippen LogP contribution in [-0.2, 0) is 4.79 Å². The van der Waals surface area contributed by atoms with Gasteiger partial charge in [0.05, 0.1) is 6.54 Å². The van der Waals surface area contributed by atoms with Crippen LogP contribution in [0.3, 0.4) is 0 Å². The number of halogens is 2. The van der Waals surface area contributed by atoms with Crippen molar-refractivity contribution in [2.45, 2.75) is 13.8 Å². The lowest BCUT2D eigenvalue weighted by molar-refractivity contribution is -0.114. The van der Waals surface area contributed by atoms with Crippen molar-refractivity contribution in [3.63, 3.8) is 0 Å². The van der Waals surface area contributed by atoms with Gasteiger partial charge in [-0.25, -0.2) is 8.78 Å². The fourth-order valence-electron chi connectivity index (χ4n) is 1.86. The molecule has 0 saturated heterocycles. The summed E-state index contributed by atoms with van der Waals surface area (Å²) < 4.78 is 26.0. The lowest BCUT2D eigenvalue weighted by atomic mass is 10.1. The second kappa shape index (κ2) is 6.35. The van der Waals surface area contributed by atoms with Crippen LogP contribution in [0.4, 0.5) is 20.2 Å². The van der Waals surface area contributed by atoms with Gasteiger partial charge in [-0.2, -0.15) is 0 Å². The van der Waals surface area contributed by atoms with E-state index in [0.29, 0.717) is 0 Å². The van der Waals surface area contributed by atoms with Crippen LogP contribution in [0.2, 0.25) is 0 Å². The number of hydrogen-bond donors (Lipinski definition) is 2. The zero-order valence-corrected chi connectivity index (χ0v) is 11.8. The highest BCUT2D eigenvalue weighted by atomic mass is 19.1. The van der Waals surface area contributed by atoms with Crippen molar-refractivity contribution in [3.05, 3.63) is 59.2 Å². The second-order valence-electron chi connectivity index (χ2n) is 4.86. The molecule has 0 aliphatic carbocycles. The predicted octanol–water partition coefficient (Wildman–Crippen LogP) is 3.63. The van der Waals surface area contributed by atoms with Crippen molar-refractivity contribution in [2.24, 2.45) is 0 Å². The van der Waals surface area contributed by atoms with Crippen LogP contribution in [0.25, 0.3) is 0 Å². The third-order valence-corrected chi connectivity index (χ3v) is 3.11. The maximum absolute atomic E-state index is 13.0. The molecule has 0 aliphatic rings. The summed E-state index contributed by atoms with van der Waals surface area (Å²) in [6, 6.07) is 8.65. The zero-order chi connectivity index (χ0) is 15.4. The van der Waals surface area contributed by atoms with Crippen molar-refractivity contribution in [1.82, 2.24) is 0 Å². The molecular weight excluding hydrogens is 274 g/mol. The summed E-state index contributed by atoms with van der Waals surface area (Å²) in [7, 11) is 0. The summed E-state index contributed by atoms with van der Waals surface area (Å²) in [5.74, 6) is -1.84. The van der Waals surface area contributed by atoms with Gasteiger partial charge < -0.3 is 10.6 Å². The number of aryl methyl sites for hydroxylation is 2. The van der Waals surface area contributed by atoms with Crippen LogP contribution in [0.15, 0.2) is 36.4 Å². The summed E-state index contributed by atoms with van der Waals surface area (Å²) in [4.78, 5) is 11.7. The van der Waals surface area contributed by atoms with E-state index in [2.05, 4.69) is 10.6 Å². The molecule has 0 fully saturated rings. The first-order valence-corrected chi connectivity index (χ1v) is 6.51.